The van der Waals surface area contributed by atoms with Crippen molar-refractivity contribution in [3.63, 3.8) is 0 Å². The predicted octanol–water partition coefficient (Wildman–Crippen LogP) is 6.91. The van der Waals surface area contributed by atoms with Crippen molar-refractivity contribution >= 4 is 0 Å². The van der Waals surface area contributed by atoms with Gasteiger partial charge in [-0.05, 0) is 97.1 Å². The van der Waals surface area contributed by atoms with Gasteiger partial charge in [-0.2, -0.15) is 0 Å². The third-order valence-corrected chi connectivity index (χ3v) is 9.17. The Morgan fingerprint density at radius 2 is 1.56 bits per heavy atom. The number of fused-ring (bicyclic) bond motifs is 2. The second-order valence-corrected chi connectivity index (χ2v) is 12.9. The molecule has 6 rings (SSSR count). The lowest BCUT2D eigenvalue weighted by Gasteiger charge is -2.36. The van der Waals surface area contributed by atoms with Crippen LogP contribution in [-0.2, 0) is 25.8 Å². The van der Waals surface area contributed by atoms with Gasteiger partial charge in [0.15, 0.2) is 34.5 Å². The van der Waals surface area contributed by atoms with Crippen molar-refractivity contribution in [2.45, 2.75) is 38.8 Å². The molecule has 1 atom stereocenters. The number of ether oxygens (including phenoxy) is 4. The number of phenolic OH excluding ortho intramolecular Hbond substituents is 2. The maximum absolute atomic E-state index is 11.1. The molecule has 45 heavy (non-hydrogen) atoms. The lowest BCUT2D eigenvalue weighted by Crippen LogP contribution is -2.43. The highest BCUT2D eigenvalue weighted by Crippen LogP contribution is 2.46. The standard InChI is InChI=1S/C37H42N2O6/c1-23-7-12-31(40)32(17-23)45-34-21-28-25(19-33(34)42-5)13-15-38(2)30(28)18-24-8-10-27(11-9-24)44-37-29-22-39(3,4)16-14-26(29)20-35(43-6)36(37)41/h7-12,17,19-21,30H,13-16,18,22H2,1-6H3,(H-,40,41)/p+1. The fourth-order valence-corrected chi connectivity index (χ4v) is 6.50. The molecule has 0 aromatic heterocycles. The molecule has 2 heterocycles. The molecule has 2 aliphatic rings. The summed E-state index contributed by atoms with van der Waals surface area (Å²) in [5.41, 5.74) is 6.76. The minimum Gasteiger partial charge on any atom is -0.504 e. The van der Waals surface area contributed by atoms with E-state index in [-0.39, 0.29) is 17.5 Å². The Bertz CT molecular complexity index is 1720. The van der Waals surface area contributed by atoms with Gasteiger partial charge < -0.3 is 33.6 Å². The average Bonchev–Trinajstić information content (AvgIpc) is 3.02. The summed E-state index contributed by atoms with van der Waals surface area (Å²) in [4.78, 5) is 2.37. The highest BCUT2D eigenvalue weighted by molar-refractivity contribution is 5.60. The molecule has 2 aliphatic heterocycles. The van der Waals surface area contributed by atoms with Crippen molar-refractivity contribution in [3.8, 4) is 46.0 Å². The highest BCUT2D eigenvalue weighted by Gasteiger charge is 2.31. The van der Waals surface area contributed by atoms with Crippen LogP contribution in [0.1, 0.15) is 39.4 Å². The fraction of sp³-hybridized carbons (Fsp3) is 0.351. The Kier molecular flexibility index (Phi) is 8.29. The van der Waals surface area contributed by atoms with Crippen molar-refractivity contribution in [2.75, 3.05) is 48.5 Å². The first kappa shape index (κ1) is 30.6. The first-order chi connectivity index (χ1) is 21.5. The number of likely N-dealkylation sites (N-methyl/N-ethyl adjacent to an activating group) is 2. The Labute approximate surface area is 265 Å². The highest BCUT2D eigenvalue weighted by atomic mass is 16.5. The fourth-order valence-electron chi connectivity index (χ4n) is 6.50. The van der Waals surface area contributed by atoms with Crippen LogP contribution in [-0.4, -0.2) is 68.0 Å². The Morgan fingerprint density at radius 1 is 0.822 bits per heavy atom. The molecular weight excluding hydrogens is 568 g/mol. The summed E-state index contributed by atoms with van der Waals surface area (Å²) in [5.74, 6) is 3.31. The van der Waals surface area contributed by atoms with Crippen molar-refractivity contribution in [2.24, 2.45) is 0 Å². The van der Waals surface area contributed by atoms with Gasteiger partial charge in [0.25, 0.3) is 0 Å². The lowest BCUT2D eigenvalue weighted by atomic mass is 9.88. The number of rotatable bonds is 8. The van der Waals surface area contributed by atoms with Crippen LogP contribution in [0.25, 0.3) is 0 Å². The topological polar surface area (TPSA) is 80.6 Å². The number of nitrogens with zero attached hydrogens (tertiary/aromatic N) is 2. The third-order valence-electron chi connectivity index (χ3n) is 9.17. The molecule has 4 aromatic carbocycles. The number of methoxy groups -OCH3 is 2. The van der Waals surface area contributed by atoms with Crippen LogP contribution in [0.2, 0.25) is 0 Å². The Hall–Kier alpha value is -4.40. The second-order valence-electron chi connectivity index (χ2n) is 12.9. The van der Waals surface area contributed by atoms with Crippen LogP contribution in [0.15, 0.2) is 60.7 Å². The van der Waals surface area contributed by atoms with E-state index in [0.29, 0.717) is 34.5 Å². The summed E-state index contributed by atoms with van der Waals surface area (Å²) in [7, 11) is 9.75. The normalized spacial score (nSPS) is 17.2. The summed E-state index contributed by atoms with van der Waals surface area (Å²) in [6.45, 7) is 4.68. The second kappa shape index (κ2) is 12.2. The number of benzene rings is 4. The Balaban J connectivity index is 1.26. The van der Waals surface area contributed by atoms with E-state index in [2.05, 4.69) is 50.3 Å². The van der Waals surface area contributed by atoms with Gasteiger partial charge in [0, 0.05) is 19.0 Å². The molecule has 0 bridgehead atoms. The number of aryl methyl sites for hydroxylation is 1. The first-order valence-electron chi connectivity index (χ1n) is 15.4. The summed E-state index contributed by atoms with van der Waals surface area (Å²) in [5, 5.41) is 21.5. The number of hydrogen-bond acceptors (Lipinski definition) is 7. The minimum atomic E-state index is 0.0371. The van der Waals surface area contributed by atoms with Gasteiger partial charge >= 0.3 is 0 Å². The molecule has 0 saturated carbocycles. The van der Waals surface area contributed by atoms with Crippen molar-refractivity contribution in [3.05, 3.63) is 94.0 Å². The maximum Gasteiger partial charge on any atom is 0.201 e. The van der Waals surface area contributed by atoms with Gasteiger partial charge in [-0.25, -0.2) is 0 Å². The summed E-state index contributed by atoms with van der Waals surface area (Å²) < 4.78 is 24.6. The molecular formula is C37H43N2O6+. The summed E-state index contributed by atoms with van der Waals surface area (Å²) >= 11 is 0. The summed E-state index contributed by atoms with van der Waals surface area (Å²) in [6.07, 6.45) is 2.59. The SMILES string of the molecule is COc1cc2c(cc1Oc1cc(C)ccc1O)C(Cc1ccc(Oc3c(O)c(OC)cc4c3C[N+](C)(C)CC4)cc1)N(C)CC2. The number of quaternary nitrogens is 1. The van der Waals surface area contributed by atoms with Crippen LogP contribution in [0.4, 0.5) is 0 Å². The molecule has 2 N–H and O–H groups in total. The number of aromatic hydroxyl groups is 2. The van der Waals surface area contributed by atoms with E-state index < -0.39 is 0 Å². The van der Waals surface area contributed by atoms with E-state index in [1.165, 1.54) is 11.1 Å². The molecule has 4 aromatic rings. The van der Waals surface area contributed by atoms with E-state index in [4.69, 9.17) is 18.9 Å². The predicted molar refractivity (Wildman–Crippen MR) is 174 cm³/mol. The zero-order chi connectivity index (χ0) is 31.9. The summed E-state index contributed by atoms with van der Waals surface area (Å²) in [6, 6.07) is 19.6. The maximum atomic E-state index is 11.1. The van der Waals surface area contributed by atoms with Gasteiger partial charge in [0.2, 0.25) is 5.75 Å². The van der Waals surface area contributed by atoms with Crippen LogP contribution >= 0.6 is 0 Å². The van der Waals surface area contributed by atoms with E-state index >= 15 is 0 Å². The van der Waals surface area contributed by atoms with Crippen molar-refractivity contribution < 1.29 is 33.6 Å². The van der Waals surface area contributed by atoms with Gasteiger partial charge in [-0.1, -0.05) is 18.2 Å². The molecule has 0 radical (unpaired) electrons. The van der Waals surface area contributed by atoms with Gasteiger partial charge in [-0.15, -0.1) is 0 Å². The zero-order valence-corrected chi connectivity index (χ0v) is 27.0. The van der Waals surface area contributed by atoms with Crippen molar-refractivity contribution in [1.29, 1.82) is 0 Å². The molecule has 0 aliphatic carbocycles. The Morgan fingerprint density at radius 3 is 2.29 bits per heavy atom. The van der Waals surface area contributed by atoms with Crippen LogP contribution in [0.3, 0.4) is 0 Å². The largest absolute Gasteiger partial charge is 0.504 e. The molecule has 0 amide bonds. The third kappa shape index (κ3) is 6.26. The average molecular weight is 612 g/mol. The van der Waals surface area contributed by atoms with Crippen LogP contribution in [0.5, 0.6) is 46.0 Å². The minimum absolute atomic E-state index is 0.0371. The lowest BCUT2D eigenvalue weighted by molar-refractivity contribution is -0.905. The molecule has 0 fully saturated rings. The molecule has 8 heteroatoms. The number of hydrogen-bond donors (Lipinski definition) is 2. The molecule has 0 spiro atoms. The smallest absolute Gasteiger partial charge is 0.201 e. The van der Waals surface area contributed by atoms with Gasteiger partial charge in [-0.3, -0.25) is 4.90 Å². The van der Waals surface area contributed by atoms with E-state index in [9.17, 15) is 10.2 Å². The molecule has 0 saturated heterocycles. The first-order valence-corrected chi connectivity index (χ1v) is 15.4. The molecule has 1 unspecified atom stereocenters. The monoisotopic (exact) mass is 611 g/mol. The van der Waals surface area contributed by atoms with Crippen LogP contribution < -0.4 is 18.9 Å². The van der Waals surface area contributed by atoms with Gasteiger partial charge in [0.1, 0.15) is 12.3 Å². The van der Waals surface area contributed by atoms with Crippen molar-refractivity contribution in [1.82, 2.24) is 4.90 Å². The number of phenols is 2. The van der Waals surface area contributed by atoms with E-state index in [1.54, 1.807) is 20.3 Å². The van der Waals surface area contributed by atoms with E-state index in [1.807, 2.05) is 37.3 Å². The molecule has 236 valence electrons. The van der Waals surface area contributed by atoms with Gasteiger partial charge in [0.05, 0.1) is 40.4 Å². The zero-order valence-electron chi connectivity index (χ0n) is 27.0. The molecule has 8 nitrogen and oxygen atoms in total. The van der Waals surface area contributed by atoms with Crippen LogP contribution in [0, 0.1) is 6.92 Å². The quantitative estimate of drug-likeness (QED) is 0.210. The van der Waals surface area contributed by atoms with E-state index in [0.717, 1.165) is 65.6 Å².